The van der Waals surface area contributed by atoms with Crippen molar-refractivity contribution in [1.82, 2.24) is 15.1 Å². The molecule has 0 aromatic carbocycles. The highest BCUT2D eigenvalue weighted by atomic mass is 16.5. The van der Waals surface area contributed by atoms with Gasteiger partial charge in [-0.3, -0.25) is 14.8 Å². The third kappa shape index (κ3) is 4.26. The van der Waals surface area contributed by atoms with Gasteiger partial charge in [-0.2, -0.15) is 5.10 Å². The van der Waals surface area contributed by atoms with E-state index in [1.807, 2.05) is 6.26 Å². The third-order valence-corrected chi connectivity index (χ3v) is 15.9. The molecule has 2 aromatic rings. The number of nitrogens with two attached hydrogens (primary N) is 1. The van der Waals surface area contributed by atoms with Crippen molar-refractivity contribution in [1.29, 1.82) is 0 Å². The van der Waals surface area contributed by atoms with Crippen molar-refractivity contribution in [2.24, 2.45) is 44.8 Å². The number of hydrogen-bond acceptors (Lipinski definition) is 6. The normalized spacial score (nSPS) is 40.3. The monoisotopic (exact) mass is 658 g/mol. The van der Waals surface area contributed by atoms with E-state index in [2.05, 4.69) is 69.6 Å². The third-order valence-electron chi connectivity index (χ3n) is 15.9. The first kappa shape index (κ1) is 32.6. The number of H-pyrrole nitrogens is 1. The van der Waals surface area contributed by atoms with Gasteiger partial charge in [-0.25, -0.2) is 0 Å². The Hall–Kier alpha value is -2.58. The van der Waals surface area contributed by atoms with Gasteiger partial charge in [0.05, 0.1) is 31.4 Å². The Labute approximate surface area is 286 Å². The molecule has 2 aromatic heterocycles. The molecule has 8 rings (SSSR count). The number of nitrogens with one attached hydrogen (secondary N) is 1. The average molecular weight is 659 g/mol. The Morgan fingerprint density at radius 1 is 1.04 bits per heavy atom. The molecule has 0 spiro atoms. The molecular formula is C40H58N4O4. The molecule has 262 valence electrons. The van der Waals surface area contributed by atoms with Gasteiger partial charge in [0.1, 0.15) is 11.6 Å². The lowest BCUT2D eigenvalue weighted by atomic mass is 9.33. The number of ether oxygens (including phenoxy) is 1. The number of morpholine rings is 1. The number of furan rings is 1. The summed E-state index contributed by atoms with van der Waals surface area (Å²) >= 11 is 0. The molecule has 7 atom stereocenters. The fourth-order valence-corrected chi connectivity index (χ4v) is 13.1. The summed E-state index contributed by atoms with van der Waals surface area (Å²) in [6, 6.07) is 2.21. The zero-order chi connectivity index (χ0) is 34.1. The minimum absolute atomic E-state index is 0.00254. The van der Waals surface area contributed by atoms with Crippen LogP contribution in [0.25, 0.3) is 5.57 Å². The number of carboxylic acid groups (broad SMARTS) is 1. The fraction of sp³-hybridized carbons (Fsp3) is 0.750. The Balaban J connectivity index is 1.35. The van der Waals surface area contributed by atoms with Crippen molar-refractivity contribution in [3.63, 3.8) is 0 Å². The molecule has 6 aliphatic rings. The van der Waals surface area contributed by atoms with E-state index in [-0.39, 0.29) is 33.0 Å². The van der Waals surface area contributed by atoms with Gasteiger partial charge >= 0.3 is 5.97 Å². The molecule has 8 nitrogen and oxygen atoms in total. The van der Waals surface area contributed by atoms with Crippen LogP contribution in [0.2, 0.25) is 0 Å². The van der Waals surface area contributed by atoms with Gasteiger partial charge in [-0.05, 0) is 109 Å². The van der Waals surface area contributed by atoms with E-state index in [4.69, 9.17) is 14.9 Å². The van der Waals surface area contributed by atoms with Gasteiger partial charge in [0.25, 0.3) is 0 Å². The summed E-state index contributed by atoms with van der Waals surface area (Å²) in [5.74, 6) is 1.98. The summed E-state index contributed by atoms with van der Waals surface area (Å²) in [5, 5.41) is 19.0. The largest absolute Gasteiger partial charge is 0.481 e. The molecule has 3 saturated carbocycles. The number of aromatic amines is 1. The van der Waals surface area contributed by atoms with Crippen LogP contribution < -0.4 is 5.73 Å². The number of carboxylic acids is 1. The molecule has 4 N–H and O–H groups in total. The number of aromatic nitrogens is 2. The number of carbonyl (C=O) groups is 1. The highest BCUT2D eigenvalue weighted by molar-refractivity contribution is 5.80. The standard InChI is InChI=1S/C40H58N4O4/c1-35(2)11-13-40(34(45)46)14-12-39(7)31(27(40)22-35)25(24-9-17-48-28(24)23-44-15-18-47-19-16-44)20-30-37(5)21-26-32(42-43-33(26)41)36(3,4)29(37)8-10-38(30,39)6/h9,17,27,29-30H,8,10-16,18-23H2,1-7H3,(H,45,46)(H3,41,42,43)/t27-,29-,30?,37-,38+,39+,40-/m0/s1. The van der Waals surface area contributed by atoms with Crippen molar-refractivity contribution in [3.05, 3.63) is 40.5 Å². The van der Waals surface area contributed by atoms with Gasteiger partial charge in [0, 0.05) is 35.3 Å². The van der Waals surface area contributed by atoms with E-state index >= 15 is 0 Å². The smallest absolute Gasteiger partial charge is 0.310 e. The molecule has 3 heterocycles. The molecule has 5 aliphatic carbocycles. The van der Waals surface area contributed by atoms with E-state index in [1.54, 1.807) is 0 Å². The van der Waals surface area contributed by atoms with E-state index in [0.717, 1.165) is 96.4 Å². The summed E-state index contributed by atoms with van der Waals surface area (Å²) in [5.41, 5.74) is 12.3. The number of nitrogen functional groups attached to an aromatic ring is 1. The van der Waals surface area contributed by atoms with Gasteiger partial charge < -0.3 is 20.0 Å². The summed E-state index contributed by atoms with van der Waals surface area (Å²) in [7, 11) is 0. The van der Waals surface area contributed by atoms with Crippen LogP contribution in [-0.4, -0.2) is 52.5 Å². The zero-order valence-corrected chi connectivity index (χ0v) is 30.4. The van der Waals surface area contributed by atoms with Crippen LogP contribution in [0.5, 0.6) is 0 Å². The maximum Gasteiger partial charge on any atom is 0.310 e. The van der Waals surface area contributed by atoms with Gasteiger partial charge in [-0.1, -0.05) is 54.0 Å². The topological polar surface area (TPSA) is 118 Å². The lowest BCUT2D eigenvalue weighted by Crippen LogP contribution is -2.65. The highest BCUT2D eigenvalue weighted by Gasteiger charge is 2.70. The SMILES string of the molecule is CC1(C)CC[C@]2(C(=O)O)CC[C@]3(C)C(=C(c4ccoc4CN4CCOCC4)CC4[C@@]5(C)Cc6c(N)n[nH]c6C(C)(C)[C@@H]5CC[C@]43C)[C@@H]2C1. The Morgan fingerprint density at radius 2 is 1.77 bits per heavy atom. The first-order valence-corrected chi connectivity index (χ1v) is 18.7. The van der Waals surface area contributed by atoms with Crippen molar-refractivity contribution < 1.29 is 19.1 Å². The van der Waals surface area contributed by atoms with Crippen molar-refractivity contribution in [2.45, 2.75) is 118 Å². The maximum atomic E-state index is 13.5. The Morgan fingerprint density at radius 3 is 2.50 bits per heavy atom. The van der Waals surface area contributed by atoms with Crippen molar-refractivity contribution >= 4 is 17.4 Å². The van der Waals surface area contributed by atoms with Crippen LogP contribution in [0.1, 0.15) is 122 Å². The highest BCUT2D eigenvalue weighted by Crippen LogP contribution is 2.77. The second kappa shape index (κ2) is 10.5. The molecule has 1 aliphatic heterocycles. The van der Waals surface area contributed by atoms with E-state index in [9.17, 15) is 9.90 Å². The molecule has 1 saturated heterocycles. The molecule has 0 bridgehead atoms. The number of rotatable bonds is 4. The van der Waals surface area contributed by atoms with E-state index in [0.29, 0.717) is 17.7 Å². The molecular weight excluding hydrogens is 600 g/mol. The molecule has 4 fully saturated rings. The molecule has 1 unspecified atom stereocenters. The molecule has 0 radical (unpaired) electrons. The number of nitrogens with zero attached hydrogens (tertiary/aromatic N) is 2. The van der Waals surface area contributed by atoms with Crippen LogP contribution in [0.15, 0.2) is 22.3 Å². The fourth-order valence-electron chi connectivity index (χ4n) is 13.1. The number of aliphatic carboxylic acids is 1. The van der Waals surface area contributed by atoms with Gasteiger partial charge in [0.2, 0.25) is 0 Å². The van der Waals surface area contributed by atoms with Gasteiger partial charge in [-0.15, -0.1) is 0 Å². The molecule has 48 heavy (non-hydrogen) atoms. The minimum Gasteiger partial charge on any atom is -0.481 e. The lowest BCUT2D eigenvalue weighted by molar-refractivity contribution is -0.175. The first-order valence-electron chi connectivity index (χ1n) is 18.7. The number of fused-ring (bicyclic) bond motifs is 8. The summed E-state index contributed by atoms with van der Waals surface area (Å²) < 4.78 is 12.1. The van der Waals surface area contributed by atoms with Crippen LogP contribution in [0.3, 0.4) is 0 Å². The second-order valence-electron chi connectivity index (χ2n) is 18.9. The minimum atomic E-state index is -0.707. The van der Waals surface area contributed by atoms with Crippen molar-refractivity contribution in [2.75, 3.05) is 32.0 Å². The van der Waals surface area contributed by atoms with Crippen LogP contribution in [0.4, 0.5) is 5.82 Å². The van der Waals surface area contributed by atoms with E-state index in [1.165, 1.54) is 28.0 Å². The lowest BCUT2D eigenvalue weighted by Gasteiger charge is -2.71. The summed E-state index contributed by atoms with van der Waals surface area (Å²) in [4.78, 5) is 16.0. The van der Waals surface area contributed by atoms with Crippen molar-refractivity contribution in [3.8, 4) is 0 Å². The van der Waals surface area contributed by atoms with Crippen LogP contribution in [0, 0.1) is 44.8 Å². The maximum absolute atomic E-state index is 13.5. The molecule has 0 amide bonds. The Bertz CT molecular complexity index is 1660. The summed E-state index contributed by atoms with van der Waals surface area (Å²) in [6.45, 7) is 21.3. The molecule has 8 heteroatoms. The quantitative estimate of drug-likeness (QED) is 0.306. The predicted octanol–water partition coefficient (Wildman–Crippen LogP) is 7.84. The van der Waals surface area contributed by atoms with Crippen LogP contribution >= 0.6 is 0 Å². The van der Waals surface area contributed by atoms with Crippen LogP contribution in [-0.2, 0) is 27.9 Å². The number of allylic oxidation sites excluding steroid dienone is 2. The van der Waals surface area contributed by atoms with Gasteiger partial charge in [0.15, 0.2) is 0 Å². The second-order valence-corrected chi connectivity index (χ2v) is 18.9. The number of hydrogen-bond donors (Lipinski definition) is 3. The predicted molar refractivity (Wildman–Crippen MR) is 187 cm³/mol. The zero-order valence-electron chi connectivity index (χ0n) is 30.4. The average Bonchev–Trinajstić information content (AvgIpc) is 3.63. The van der Waals surface area contributed by atoms with E-state index < -0.39 is 11.4 Å². The first-order chi connectivity index (χ1) is 22.6. The Kier molecular flexibility index (Phi) is 7.12. The number of anilines is 1. The summed E-state index contributed by atoms with van der Waals surface area (Å²) in [6.07, 6.45) is 10.4.